The molecular formula is C98H73BN2O2. The molecule has 0 amide bonds. The van der Waals surface area contributed by atoms with Crippen molar-refractivity contribution in [2.45, 2.75) is 53.9 Å². The largest absolute Gasteiger partial charge is 0.455 e. The molecule has 2 aliphatic heterocycles. The van der Waals surface area contributed by atoms with Crippen molar-refractivity contribution in [3.63, 3.8) is 0 Å². The second kappa shape index (κ2) is 24.1. The maximum absolute atomic E-state index is 7.01. The summed E-state index contributed by atoms with van der Waals surface area (Å²) >= 11 is 0. The lowest BCUT2D eigenvalue weighted by atomic mass is 9.33. The van der Waals surface area contributed by atoms with E-state index < -0.39 is 0 Å². The highest BCUT2D eigenvalue weighted by Gasteiger charge is 2.46. The van der Waals surface area contributed by atoms with E-state index in [2.05, 4.69) is 374 Å². The predicted molar refractivity (Wildman–Crippen MR) is 436 cm³/mol. The number of fused-ring (bicyclic) bond motifs is 10. The van der Waals surface area contributed by atoms with E-state index in [1.165, 1.54) is 66.5 Å². The normalized spacial score (nSPS) is 12.6. The van der Waals surface area contributed by atoms with Crippen LogP contribution in [-0.2, 0) is 5.41 Å². The van der Waals surface area contributed by atoms with Crippen LogP contribution in [0.1, 0.15) is 48.6 Å². The van der Waals surface area contributed by atoms with Crippen LogP contribution in [0.25, 0.3) is 133 Å². The Labute approximate surface area is 602 Å². The second-order valence-electron chi connectivity index (χ2n) is 29.2. The van der Waals surface area contributed by atoms with Crippen molar-refractivity contribution >= 4 is 101 Å². The fourth-order valence-electron chi connectivity index (χ4n) is 17.1. The Morgan fingerprint density at radius 3 is 0.961 bits per heavy atom. The number of nitrogens with zero attached hydrogens (tertiary/aromatic N) is 2. The van der Waals surface area contributed by atoms with Gasteiger partial charge in [-0.2, -0.15) is 0 Å². The third-order valence-electron chi connectivity index (χ3n) is 21.9. The Kier molecular flexibility index (Phi) is 14.5. The molecule has 0 radical (unpaired) electrons. The zero-order chi connectivity index (χ0) is 69.4. The van der Waals surface area contributed by atoms with E-state index in [-0.39, 0.29) is 12.1 Å². The van der Waals surface area contributed by atoms with Crippen LogP contribution in [0, 0.1) is 27.7 Å². The van der Waals surface area contributed by atoms with Crippen molar-refractivity contribution in [3.05, 3.63) is 343 Å². The third kappa shape index (κ3) is 10.0. The third-order valence-corrected chi connectivity index (χ3v) is 21.9. The van der Waals surface area contributed by atoms with E-state index in [4.69, 9.17) is 8.83 Å². The first-order valence-corrected chi connectivity index (χ1v) is 36.0. The van der Waals surface area contributed by atoms with Crippen molar-refractivity contribution in [1.82, 2.24) is 0 Å². The van der Waals surface area contributed by atoms with Crippen molar-refractivity contribution < 1.29 is 8.83 Å². The highest BCUT2D eigenvalue weighted by atomic mass is 16.3. The van der Waals surface area contributed by atoms with Crippen LogP contribution in [0.15, 0.2) is 324 Å². The molecule has 490 valence electrons. The van der Waals surface area contributed by atoms with Crippen LogP contribution in [0.3, 0.4) is 0 Å². The molecule has 4 nitrogen and oxygen atoms in total. The fourth-order valence-corrected chi connectivity index (χ4v) is 17.1. The molecule has 0 N–H and O–H groups in total. The number of anilines is 6. The summed E-state index contributed by atoms with van der Waals surface area (Å²) in [6.45, 7) is 15.8. The summed E-state index contributed by atoms with van der Waals surface area (Å²) in [5.74, 6) is 0. The zero-order valence-electron chi connectivity index (χ0n) is 58.8. The lowest BCUT2D eigenvalue weighted by Gasteiger charge is -2.46. The van der Waals surface area contributed by atoms with Gasteiger partial charge in [0.2, 0.25) is 0 Å². The topological polar surface area (TPSA) is 32.8 Å². The molecular weight excluding hydrogens is 1250 g/mol. The van der Waals surface area contributed by atoms with Gasteiger partial charge in [0.15, 0.2) is 0 Å². The van der Waals surface area contributed by atoms with Crippen LogP contribution in [0.5, 0.6) is 0 Å². The van der Waals surface area contributed by atoms with E-state index in [1.807, 2.05) is 0 Å². The number of benzene rings is 15. The Bertz CT molecular complexity index is 5740. The van der Waals surface area contributed by atoms with Gasteiger partial charge < -0.3 is 18.6 Å². The lowest BCUT2D eigenvalue weighted by molar-refractivity contribution is 0.590. The SMILES string of the molecule is Cc1cccc(C)c1-c1cc(-c2ccccc2)c(N2c3ccc(-c4cccc5c4oc4ccccc45)cc3B3c4cc(-c5cccc6c5oc5ccccc56)ccc4N(c4c(-c5ccccc5)cc(-c5c(C)cccc5C)cc4-c4ccccc4)c4cc(C(C)(C)C)cc2c43)c(-c2ccccc2)c1. The molecule has 0 saturated carbocycles. The molecule has 2 aliphatic rings. The van der Waals surface area contributed by atoms with Crippen molar-refractivity contribution in [1.29, 1.82) is 0 Å². The molecule has 0 atom stereocenters. The molecule has 19 rings (SSSR count). The molecule has 0 aliphatic carbocycles. The highest BCUT2D eigenvalue weighted by molar-refractivity contribution is 7.00. The lowest BCUT2D eigenvalue weighted by Crippen LogP contribution is -2.61. The van der Waals surface area contributed by atoms with E-state index >= 15 is 0 Å². The number of hydrogen-bond donors (Lipinski definition) is 0. The number of furan rings is 2. The number of aryl methyl sites for hydroxylation is 4. The van der Waals surface area contributed by atoms with Gasteiger partial charge in [-0.1, -0.05) is 276 Å². The van der Waals surface area contributed by atoms with Crippen molar-refractivity contribution in [2.24, 2.45) is 0 Å². The molecule has 17 aromatic rings. The van der Waals surface area contributed by atoms with Crippen LogP contribution >= 0.6 is 0 Å². The molecule has 0 fully saturated rings. The predicted octanol–water partition coefficient (Wildman–Crippen LogP) is 25.4. The summed E-state index contributed by atoms with van der Waals surface area (Å²) < 4.78 is 14.0. The van der Waals surface area contributed by atoms with E-state index in [1.54, 1.807) is 0 Å². The van der Waals surface area contributed by atoms with Crippen LogP contribution in [0.4, 0.5) is 34.1 Å². The molecule has 2 aromatic heterocycles. The van der Waals surface area contributed by atoms with Gasteiger partial charge in [-0.3, -0.25) is 0 Å². The van der Waals surface area contributed by atoms with Gasteiger partial charge >= 0.3 is 0 Å². The van der Waals surface area contributed by atoms with Crippen LogP contribution in [0.2, 0.25) is 0 Å². The van der Waals surface area contributed by atoms with E-state index in [9.17, 15) is 0 Å². The number of para-hydroxylation sites is 4. The second-order valence-corrected chi connectivity index (χ2v) is 29.2. The molecule has 0 bridgehead atoms. The molecule has 4 heterocycles. The van der Waals surface area contributed by atoms with E-state index in [0.29, 0.717) is 0 Å². The molecule has 103 heavy (non-hydrogen) atoms. The minimum absolute atomic E-state index is 0.329. The fraction of sp³-hybridized carbons (Fsp3) is 0.0816. The summed E-state index contributed by atoms with van der Waals surface area (Å²) in [5, 5.41) is 4.38. The average Bonchev–Trinajstić information content (AvgIpc) is 1.25. The first-order chi connectivity index (χ1) is 50.4. The smallest absolute Gasteiger partial charge is 0.252 e. The minimum Gasteiger partial charge on any atom is -0.455 e. The average molecular weight is 1320 g/mol. The van der Waals surface area contributed by atoms with Crippen molar-refractivity contribution in [2.75, 3.05) is 9.80 Å². The molecule has 0 unspecified atom stereocenters. The van der Waals surface area contributed by atoms with Gasteiger partial charge in [-0.25, -0.2) is 0 Å². The summed E-state index contributed by atoms with van der Waals surface area (Å²) in [6, 6.07) is 118. The molecule has 5 heteroatoms. The quantitative estimate of drug-likeness (QED) is 0.128. The Balaban J connectivity index is 1.00. The van der Waals surface area contributed by atoms with Crippen LogP contribution in [-0.4, -0.2) is 6.71 Å². The van der Waals surface area contributed by atoms with Gasteiger partial charge in [-0.15, -0.1) is 0 Å². The van der Waals surface area contributed by atoms with E-state index in [0.717, 1.165) is 145 Å². The first-order valence-electron chi connectivity index (χ1n) is 36.0. The summed E-state index contributed by atoms with van der Waals surface area (Å²) in [4.78, 5) is 5.38. The molecule has 15 aromatic carbocycles. The maximum atomic E-state index is 7.01. The standard InChI is InChI=1S/C98H73BN2O2/c1-60-28-24-29-61(2)91(60)70-52-79(64-32-12-8-13-33-64)94(80(53-70)65-34-14-9-15-35-65)100-85-50-48-68(73-42-26-44-77-75-40-20-22-46-89(75)102-96(73)77)56-83(85)99-84-57-69(74-43-27-45-78-76-41-21-23-47-90(76)103-97(74)78)49-51-86(84)101(88-59-72(98(5,6)7)58-87(100)93(88)99)95-81(66-36-16-10-17-37-66)54-71(92-62(3)30-25-31-63(92)4)55-82(95)67-38-18-11-19-39-67/h8-59H,1-7H3. The van der Waals surface area contributed by atoms with Gasteiger partial charge in [0.25, 0.3) is 6.71 Å². The number of rotatable bonds is 10. The van der Waals surface area contributed by atoms with Gasteiger partial charge in [0.1, 0.15) is 22.3 Å². The Morgan fingerprint density at radius 2 is 0.602 bits per heavy atom. The first kappa shape index (κ1) is 61.6. The van der Waals surface area contributed by atoms with Gasteiger partial charge in [0.05, 0.1) is 11.4 Å². The van der Waals surface area contributed by atoms with Gasteiger partial charge in [0, 0.05) is 77.7 Å². The summed E-state index contributed by atoms with van der Waals surface area (Å²) in [7, 11) is 0. The molecule has 0 saturated heterocycles. The minimum atomic E-state index is -0.337. The van der Waals surface area contributed by atoms with Crippen LogP contribution < -0.4 is 26.2 Å². The monoisotopic (exact) mass is 1320 g/mol. The Morgan fingerprint density at radius 1 is 0.272 bits per heavy atom. The van der Waals surface area contributed by atoms with Gasteiger partial charge in [-0.05, 0) is 194 Å². The van der Waals surface area contributed by atoms with Crippen molar-refractivity contribution in [3.8, 4) is 89.0 Å². The summed E-state index contributed by atoms with van der Waals surface area (Å²) in [6.07, 6.45) is 0. The molecule has 0 spiro atoms. The summed E-state index contributed by atoms with van der Waals surface area (Å²) in [5.41, 5.74) is 37.6. The maximum Gasteiger partial charge on any atom is 0.252 e. The zero-order valence-corrected chi connectivity index (χ0v) is 58.8. The Hall–Kier alpha value is -12.4. The number of hydrogen-bond acceptors (Lipinski definition) is 4. The highest BCUT2D eigenvalue weighted by Crippen LogP contribution is 2.56.